The number of amides is 1. The van der Waals surface area contributed by atoms with Gasteiger partial charge in [-0.3, -0.25) is 14.8 Å². The van der Waals surface area contributed by atoms with Crippen LogP contribution in [0.5, 0.6) is 0 Å². The Morgan fingerprint density at radius 3 is 2.72 bits per heavy atom. The van der Waals surface area contributed by atoms with E-state index in [1.54, 1.807) is 12.4 Å². The van der Waals surface area contributed by atoms with Crippen LogP contribution in [-0.2, 0) is 17.8 Å². The highest BCUT2D eigenvalue weighted by Crippen LogP contribution is 2.31. The highest BCUT2D eigenvalue weighted by molar-refractivity contribution is 5.97. The Hall–Kier alpha value is -4.91. The molecule has 0 saturated carbocycles. The van der Waals surface area contributed by atoms with Crippen molar-refractivity contribution in [3.8, 4) is 11.4 Å². The zero-order chi connectivity index (χ0) is 24.3. The molecule has 1 aliphatic rings. The summed E-state index contributed by atoms with van der Waals surface area (Å²) in [5, 5.41) is 7.40. The molecule has 0 spiro atoms. The van der Waals surface area contributed by atoms with E-state index in [0.29, 0.717) is 17.3 Å². The molecule has 1 amide bonds. The molecule has 3 heterocycles. The fraction of sp³-hybridized carbons (Fsp3) is 0.0690. The van der Waals surface area contributed by atoms with Crippen LogP contribution in [-0.4, -0.2) is 27.1 Å². The lowest BCUT2D eigenvalue weighted by molar-refractivity contribution is -0.115. The first-order chi connectivity index (χ1) is 17.7. The molecule has 0 fully saturated rings. The average molecular weight is 471 g/mol. The number of nitrogens with one attached hydrogen (secondary N) is 2. The first kappa shape index (κ1) is 21.6. The molecule has 7 heteroatoms. The fourth-order valence-electron chi connectivity index (χ4n) is 4.28. The average Bonchev–Trinajstić information content (AvgIpc) is 3.37. The van der Waals surface area contributed by atoms with Gasteiger partial charge in [0.1, 0.15) is 5.82 Å². The predicted octanol–water partition coefficient (Wildman–Crippen LogP) is 5.55. The molecule has 2 aromatic heterocycles. The summed E-state index contributed by atoms with van der Waals surface area (Å²) in [5.41, 5.74) is 6.30. The Bertz CT molecular complexity index is 1610. The van der Waals surface area contributed by atoms with Gasteiger partial charge in [0.15, 0.2) is 5.82 Å². The lowest BCUT2D eigenvalue weighted by Crippen LogP contribution is -2.15. The van der Waals surface area contributed by atoms with Gasteiger partial charge in [-0.15, -0.1) is 0 Å². The molecule has 36 heavy (non-hydrogen) atoms. The minimum absolute atomic E-state index is 0.130. The normalized spacial score (nSPS) is 11.9. The van der Waals surface area contributed by atoms with Crippen molar-refractivity contribution in [3.05, 3.63) is 108 Å². The van der Waals surface area contributed by atoms with Crippen LogP contribution in [0.2, 0.25) is 0 Å². The largest absolute Gasteiger partial charge is 0.340 e. The maximum atomic E-state index is 12.8. The standard InChI is InChI=1S/C29H22N6O/c36-27(14-19-6-5-13-30-16-19)33-25-9-3-1-7-23(25)29-34-26-10-4-2-8-24(26)28(35-29)32-22-12-11-20-17-31-18-21(20)15-22/h1-13,15-16,18H,14,17H2,(H,33,36)(H,32,34,35). The zero-order valence-corrected chi connectivity index (χ0v) is 19.3. The van der Waals surface area contributed by atoms with Crippen LogP contribution in [0.3, 0.4) is 0 Å². The fourth-order valence-corrected chi connectivity index (χ4v) is 4.28. The summed E-state index contributed by atoms with van der Waals surface area (Å²) in [5.74, 6) is 1.09. The molecule has 0 atom stereocenters. The summed E-state index contributed by atoms with van der Waals surface area (Å²) in [6.45, 7) is 0.722. The molecule has 7 nitrogen and oxygen atoms in total. The van der Waals surface area contributed by atoms with Crippen LogP contribution in [0.25, 0.3) is 22.3 Å². The summed E-state index contributed by atoms with van der Waals surface area (Å²) in [4.78, 5) is 30.9. The quantitative estimate of drug-likeness (QED) is 0.340. The molecule has 6 rings (SSSR count). The van der Waals surface area contributed by atoms with E-state index >= 15 is 0 Å². The van der Waals surface area contributed by atoms with Crippen molar-refractivity contribution < 1.29 is 4.79 Å². The van der Waals surface area contributed by atoms with Crippen molar-refractivity contribution in [3.63, 3.8) is 0 Å². The van der Waals surface area contributed by atoms with Gasteiger partial charge in [0, 0.05) is 35.2 Å². The van der Waals surface area contributed by atoms with Crippen LogP contribution >= 0.6 is 0 Å². The number of carbonyl (C=O) groups is 1. The summed E-state index contributed by atoms with van der Waals surface area (Å²) >= 11 is 0. The third-order valence-corrected chi connectivity index (χ3v) is 6.03. The Morgan fingerprint density at radius 2 is 1.81 bits per heavy atom. The number of fused-ring (bicyclic) bond motifs is 2. The van der Waals surface area contributed by atoms with Gasteiger partial charge in [-0.2, -0.15) is 0 Å². The summed E-state index contributed by atoms with van der Waals surface area (Å²) in [6.07, 6.45) is 5.51. The predicted molar refractivity (Wildman–Crippen MR) is 143 cm³/mol. The van der Waals surface area contributed by atoms with Gasteiger partial charge in [-0.1, -0.05) is 36.4 Å². The Balaban J connectivity index is 1.36. The van der Waals surface area contributed by atoms with Crippen LogP contribution in [0.1, 0.15) is 16.7 Å². The molecule has 0 aliphatic carbocycles. The molecule has 3 aromatic carbocycles. The number of aromatic nitrogens is 3. The molecule has 174 valence electrons. The second kappa shape index (κ2) is 9.38. The monoisotopic (exact) mass is 470 g/mol. The SMILES string of the molecule is O=C(Cc1cccnc1)Nc1ccccc1-c1nc(Nc2ccc3c(c2)C=NC3)c2ccccc2n1. The Morgan fingerprint density at radius 1 is 0.917 bits per heavy atom. The molecular formula is C29H22N6O. The van der Waals surface area contributed by atoms with E-state index in [4.69, 9.17) is 9.97 Å². The number of hydrogen-bond acceptors (Lipinski definition) is 6. The van der Waals surface area contributed by atoms with Crippen molar-refractivity contribution in [2.24, 2.45) is 4.99 Å². The Kier molecular flexibility index (Phi) is 5.63. The molecule has 5 aromatic rings. The van der Waals surface area contributed by atoms with Gasteiger partial charge in [0.05, 0.1) is 24.2 Å². The van der Waals surface area contributed by atoms with Crippen LogP contribution < -0.4 is 10.6 Å². The summed E-state index contributed by atoms with van der Waals surface area (Å²) in [7, 11) is 0. The molecule has 0 unspecified atom stereocenters. The number of benzene rings is 3. The number of pyridine rings is 1. The van der Waals surface area contributed by atoms with E-state index in [1.807, 2.05) is 72.9 Å². The highest BCUT2D eigenvalue weighted by Gasteiger charge is 2.15. The minimum Gasteiger partial charge on any atom is -0.340 e. The number of rotatable bonds is 6. The van der Waals surface area contributed by atoms with Gasteiger partial charge >= 0.3 is 0 Å². The number of carbonyl (C=O) groups excluding carboxylic acids is 1. The van der Waals surface area contributed by atoms with Gasteiger partial charge < -0.3 is 10.6 Å². The third kappa shape index (κ3) is 4.42. The molecule has 0 saturated heterocycles. The number of anilines is 3. The van der Waals surface area contributed by atoms with Crippen molar-refractivity contribution >= 4 is 40.2 Å². The van der Waals surface area contributed by atoms with Gasteiger partial charge in [0.2, 0.25) is 5.91 Å². The lowest BCUT2D eigenvalue weighted by atomic mass is 10.1. The second-order valence-electron chi connectivity index (χ2n) is 8.55. The van der Waals surface area contributed by atoms with E-state index in [2.05, 4.69) is 32.7 Å². The summed E-state index contributed by atoms with van der Waals surface area (Å²) in [6, 6.07) is 25.4. The molecule has 1 aliphatic heterocycles. The van der Waals surface area contributed by atoms with Crippen molar-refractivity contribution in [1.82, 2.24) is 15.0 Å². The number of aliphatic imine (C=N–C) groups is 1. The van der Waals surface area contributed by atoms with Crippen molar-refractivity contribution in [1.29, 1.82) is 0 Å². The van der Waals surface area contributed by atoms with E-state index in [9.17, 15) is 4.79 Å². The van der Waals surface area contributed by atoms with Crippen LogP contribution in [0, 0.1) is 0 Å². The maximum Gasteiger partial charge on any atom is 0.228 e. The molecule has 2 N–H and O–H groups in total. The van der Waals surface area contributed by atoms with E-state index in [-0.39, 0.29) is 12.3 Å². The van der Waals surface area contributed by atoms with Gasteiger partial charge in [0.25, 0.3) is 0 Å². The second-order valence-corrected chi connectivity index (χ2v) is 8.55. The smallest absolute Gasteiger partial charge is 0.228 e. The molecular weight excluding hydrogens is 448 g/mol. The van der Waals surface area contributed by atoms with Gasteiger partial charge in [-0.25, -0.2) is 9.97 Å². The van der Waals surface area contributed by atoms with E-state index < -0.39 is 0 Å². The van der Waals surface area contributed by atoms with Crippen molar-refractivity contribution in [2.45, 2.75) is 13.0 Å². The maximum absolute atomic E-state index is 12.8. The van der Waals surface area contributed by atoms with E-state index in [1.165, 1.54) is 5.56 Å². The topological polar surface area (TPSA) is 92.2 Å². The summed E-state index contributed by atoms with van der Waals surface area (Å²) < 4.78 is 0. The van der Waals surface area contributed by atoms with Crippen LogP contribution in [0.4, 0.5) is 17.2 Å². The first-order valence-corrected chi connectivity index (χ1v) is 11.7. The third-order valence-electron chi connectivity index (χ3n) is 6.03. The lowest BCUT2D eigenvalue weighted by Gasteiger charge is -2.14. The van der Waals surface area contributed by atoms with E-state index in [0.717, 1.165) is 39.8 Å². The number of para-hydroxylation sites is 2. The van der Waals surface area contributed by atoms with Crippen LogP contribution in [0.15, 0.2) is 96.2 Å². The number of nitrogens with zero attached hydrogens (tertiary/aromatic N) is 4. The minimum atomic E-state index is -0.130. The highest BCUT2D eigenvalue weighted by atomic mass is 16.1. The zero-order valence-electron chi connectivity index (χ0n) is 19.3. The molecule has 0 bridgehead atoms. The number of hydrogen-bond donors (Lipinski definition) is 2. The van der Waals surface area contributed by atoms with Crippen molar-refractivity contribution in [2.75, 3.05) is 10.6 Å². The Labute approximate surface area is 208 Å². The molecule has 0 radical (unpaired) electrons. The van der Waals surface area contributed by atoms with Gasteiger partial charge in [-0.05, 0) is 59.2 Å². The first-order valence-electron chi connectivity index (χ1n) is 11.7.